The number of nitrogens with two attached hydrogens (primary N) is 1. The summed E-state index contributed by atoms with van der Waals surface area (Å²) < 4.78 is 0. The van der Waals surface area contributed by atoms with Crippen LogP contribution in [-0.4, -0.2) is 24.0 Å². The van der Waals surface area contributed by atoms with E-state index in [2.05, 4.69) is 43.0 Å². The third-order valence-corrected chi connectivity index (χ3v) is 3.54. The summed E-state index contributed by atoms with van der Waals surface area (Å²) in [7, 11) is 0. The van der Waals surface area contributed by atoms with E-state index in [1.807, 2.05) is 0 Å². The van der Waals surface area contributed by atoms with Gasteiger partial charge in [-0.2, -0.15) is 0 Å². The zero-order valence-corrected chi connectivity index (χ0v) is 10.3. The van der Waals surface area contributed by atoms with Gasteiger partial charge in [-0.1, -0.05) is 24.3 Å². The molecule has 16 heavy (non-hydrogen) atoms. The Morgan fingerprint density at radius 3 is 2.38 bits per heavy atom. The third kappa shape index (κ3) is 2.28. The molecule has 1 aromatic rings. The van der Waals surface area contributed by atoms with Crippen molar-refractivity contribution in [1.82, 2.24) is 4.90 Å². The number of likely N-dealkylation sites (tertiary alicyclic amines) is 1. The number of aryl methyl sites for hydroxylation is 1. The molecule has 88 valence electrons. The number of nitrogens with zero attached hydrogens (tertiary/aromatic N) is 1. The lowest BCUT2D eigenvalue weighted by atomic mass is 9.95. The van der Waals surface area contributed by atoms with Crippen LogP contribution in [0.15, 0.2) is 24.3 Å². The standard InChI is InChI=1S/C14H22N2/c1-11-7-3-4-8-13(11)14(12(2)15)16-9-5-6-10-16/h3-4,7-8,12,14H,5-6,9-10,15H2,1-2H3. The van der Waals surface area contributed by atoms with E-state index in [-0.39, 0.29) is 6.04 Å². The minimum Gasteiger partial charge on any atom is -0.326 e. The number of hydrogen-bond donors (Lipinski definition) is 1. The van der Waals surface area contributed by atoms with Gasteiger partial charge in [0.2, 0.25) is 0 Å². The van der Waals surface area contributed by atoms with E-state index in [0.717, 1.165) is 0 Å². The first kappa shape index (κ1) is 11.6. The van der Waals surface area contributed by atoms with Crippen molar-refractivity contribution >= 4 is 0 Å². The largest absolute Gasteiger partial charge is 0.326 e. The number of rotatable bonds is 3. The van der Waals surface area contributed by atoms with E-state index in [0.29, 0.717) is 6.04 Å². The topological polar surface area (TPSA) is 29.3 Å². The van der Waals surface area contributed by atoms with Crippen LogP contribution in [0.2, 0.25) is 0 Å². The molecule has 1 saturated heterocycles. The lowest BCUT2D eigenvalue weighted by molar-refractivity contribution is 0.218. The summed E-state index contributed by atoms with van der Waals surface area (Å²) in [5, 5.41) is 0. The normalized spacial score (nSPS) is 20.9. The summed E-state index contributed by atoms with van der Waals surface area (Å²) in [6.45, 7) is 6.69. The smallest absolute Gasteiger partial charge is 0.0499 e. The van der Waals surface area contributed by atoms with Crippen LogP contribution in [0.1, 0.15) is 36.9 Å². The quantitative estimate of drug-likeness (QED) is 0.844. The van der Waals surface area contributed by atoms with Gasteiger partial charge in [0, 0.05) is 12.1 Å². The van der Waals surface area contributed by atoms with Crippen LogP contribution in [0.25, 0.3) is 0 Å². The molecule has 1 aromatic carbocycles. The lowest BCUT2D eigenvalue weighted by Gasteiger charge is -2.32. The molecule has 0 spiro atoms. The Morgan fingerprint density at radius 2 is 1.81 bits per heavy atom. The van der Waals surface area contributed by atoms with Crippen molar-refractivity contribution in [2.24, 2.45) is 5.73 Å². The second kappa shape index (κ2) is 4.98. The van der Waals surface area contributed by atoms with Gasteiger partial charge in [0.1, 0.15) is 0 Å². The summed E-state index contributed by atoms with van der Waals surface area (Å²) in [4.78, 5) is 2.53. The molecule has 2 nitrogen and oxygen atoms in total. The summed E-state index contributed by atoms with van der Waals surface area (Å²) in [6, 6.07) is 9.21. The second-order valence-corrected chi connectivity index (χ2v) is 4.90. The Balaban J connectivity index is 2.28. The third-order valence-electron chi connectivity index (χ3n) is 3.54. The zero-order valence-electron chi connectivity index (χ0n) is 10.3. The van der Waals surface area contributed by atoms with Gasteiger partial charge < -0.3 is 5.73 Å². The number of hydrogen-bond acceptors (Lipinski definition) is 2. The van der Waals surface area contributed by atoms with Gasteiger partial charge >= 0.3 is 0 Å². The first-order valence-corrected chi connectivity index (χ1v) is 6.25. The van der Waals surface area contributed by atoms with Crippen molar-refractivity contribution in [2.45, 2.75) is 38.8 Å². The molecule has 0 aliphatic carbocycles. The molecule has 2 rings (SSSR count). The van der Waals surface area contributed by atoms with E-state index >= 15 is 0 Å². The fourth-order valence-corrected chi connectivity index (χ4v) is 2.75. The maximum atomic E-state index is 6.18. The molecule has 0 saturated carbocycles. The predicted octanol–water partition coefficient (Wildman–Crippen LogP) is 2.48. The highest BCUT2D eigenvalue weighted by Crippen LogP contribution is 2.29. The van der Waals surface area contributed by atoms with Crippen molar-refractivity contribution < 1.29 is 0 Å². The average molecular weight is 218 g/mol. The van der Waals surface area contributed by atoms with Gasteiger partial charge in [-0.15, -0.1) is 0 Å². The Morgan fingerprint density at radius 1 is 1.19 bits per heavy atom. The maximum Gasteiger partial charge on any atom is 0.0499 e. The SMILES string of the molecule is Cc1ccccc1C(C(C)N)N1CCCC1. The average Bonchev–Trinajstić information content (AvgIpc) is 2.74. The van der Waals surface area contributed by atoms with E-state index in [1.54, 1.807) is 0 Å². The fraction of sp³-hybridized carbons (Fsp3) is 0.571. The molecule has 1 fully saturated rings. The van der Waals surface area contributed by atoms with Gasteiger partial charge in [-0.25, -0.2) is 0 Å². The molecule has 0 bridgehead atoms. The van der Waals surface area contributed by atoms with Crippen molar-refractivity contribution in [2.75, 3.05) is 13.1 Å². The molecular formula is C14H22N2. The highest BCUT2D eigenvalue weighted by molar-refractivity contribution is 5.30. The van der Waals surface area contributed by atoms with Crippen molar-refractivity contribution in [1.29, 1.82) is 0 Å². The first-order chi connectivity index (χ1) is 7.70. The van der Waals surface area contributed by atoms with E-state index in [1.165, 1.54) is 37.1 Å². The molecule has 0 amide bonds. The Kier molecular flexibility index (Phi) is 3.62. The fourth-order valence-electron chi connectivity index (χ4n) is 2.75. The summed E-state index contributed by atoms with van der Waals surface area (Å²) in [5.41, 5.74) is 8.94. The highest BCUT2D eigenvalue weighted by atomic mass is 15.2. The molecule has 0 radical (unpaired) electrons. The molecule has 2 heteroatoms. The molecule has 1 heterocycles. The first-order valence-electron chi connectivity index (χ1n) is 6.25. The van der Waals surface area contributed by atoms with Crippen LogP contribution < -0.4 is 5.73 Å². The van der Waals surface area contributed by atoms with Crippen LogP contribution in [0.5, 0.6) is 0 Å². The Hall–Kier alpha value is -0.860. The second-order valence-electron chi connectivity index (χ2n) is 4.90. The van der Waals surface area contributed by atoms with Crippen LogP contribution in [0, 0.1) is 6.92 Å². The van der Waals surface area contributed by atoms with Crippen molar-refractivity contribution in [3.8, 4) is 0 Å². The Bertz CT molecular complexity index is 340. The highest BCUT2D eigenvalue weighted by Gasteiger charge is 2.27. The van der Waals surface area contributed by atoms with Crippen molar-refractivity contribution in [3.63, 3.8) is 0 Å². The summed E-state index contributed by atoms with van der Waals surface area (Å²) in [6.07, 6.45) is 2.63. The predicted molar refractivity (Wildman–Crippen MR) is 68.4 cm³/mol. The van der Waals surface area contributed by atoms with Gasteiger partial charge in [-0.3, -0.25) is 4.90 Å². The summed E-state index contributed by atoms with van der Waals surface area (Å²) >= 11 is 0. The van der Waals surface area contributed by atoms with Crippen LogP contribution >= 0.6 is 0 Å². The van der Waals surface area contributed by atoms with Crippen LogP contribution in [0.4, 0.5) is 0 Å². The van der Waals surface area contributed by atoms with E-state index in [4.69, 9.17) is 5.73 Å². The molecule has 2 N–H and O–H groups in total. The van der Waals surface area contributed by atoms with Gasteiger partial charge in [0.05, 0.1) is 0 Å². The van der Waals surface area contributed by atoms with E-state index < -0.39 is 0 Å². The molecular weight excluding hydrogens is 196 g/mol. The molecule has 2 unspecified atom stereocenters. The van der Waals surface area contributed by atoms with Crippen LogP contribution in [0.3, 0.4) is 0 Å². The zero-order chi connectivity index (χ0) is 11.5. The summed E-state index contributed by atoms with van der Waals surface area (Å²) in [5.74, 6) is 0. The van der Waals surface area contributed by atoms with E-state index in [9.17, 15) is 0 Å². The van der Waals surface area contributed by atoms with Gasteiger partial charge in [-0.05, 0) is 50.9 Å². The minimum absolute atomic E-state index is 0.194. The Labute approximate surface area is 98.4 Å². The number of benzene rings is 1. The van der Waals surface area contributed by atoms with Crippen molar-refractivity contribution in [3.05, 3.63) is 35.4 Å². The van der Waals surface area contributed by atoms with Crippen LogP contribution in [-0.2, 0) is 0 Å². The minimum atomic E-state index is 0.194. The van der Waals surface area contributed by atoms with Gasteiger partial charge in [0.15, 0.2) is 0 Å². The molecule has 2 atom stereocenters. The molecule has 1 aliphatic rings. The van der Waals surface area contributed by atoms with Gasteiger partial charge in [0.25, 0.3) is 0 Å². The molecule has 1 aliphatic heterocycles. The molecule has 0 aromatic heterocycles. The maximum absolute atomic E-state index is 6.18. The monoisotopic (exact) mass is 218 g/mol. The lowest BCUT2D eigenvalue weighted by Crippen LogP contribution is -2.38.